The summed E-state index contributed by atoms with van der Waals surface area (Å²) in [5, 5.41) is 0.574. The van der Waals surface area contributed by atoms with E-state index in [2.05, 4.69) is 4.98 Å². The predicted octanol–water partition coefficient (Wildman–Crippen LogP) is 3.82. The van der Waals surface area contributed by atoms with Gasteiger partial charge in [-0.15, -0.1) is 0 Å². The maximum atomic E-state index is 14.6. The van der Waals surface area contributed by atoms with Gasteiger partial charge in [-0.3, -0.25) is 14.2 Å². The molecule has 0 fully saturated rings. The molecule has 162 valence electrons. The number of carbonyl (C=O) groups excluding carboxylic acids is 1. The minimum absolute atomic E-state index is 0.0873. The molecule has 0 saturated carbocycles. The zero-order valence-corrected chi connectivity index (χ0v) is 17.4. The summed E-state index contributed by atoms with van der Waals surface area (Å²) in [5.74, 6) is -1.35. The normalized spacial score (nSPS) is 10.9. The van der Waals surface area contributed by atoms with Crippen LogP contribution >= 0.6 is 11.8 Å². The van der Waals surface area contributed by atoms with Gasteiger partial charge in [0.1, 0.15) is 17.4 Å². The number of aromatic nitrogens is 2. The summed E-state index contributed by atoms with van der Waals surface area (Å²) in [6.45, 7) is -0.244. The summed E-state index contributed by atoms with van der Waals surface area (Å²) in [7, 11) is 0. The van der Waals surface area contributed by atoms with E-state index in [0.29, 0.717) is 22.4 Å². The second-order valence-corrected chi connectivity index (χ2v) is 7.78. The van der Waals surface area contributed by atoms with Gasteiger partial charge in [0, 0.05) is 11.8 Å². The van der Waals surface area contributed by atoms with Crippen LogP contribution in [0, 0.1) is 11.6 Å². The van der Waals surface area contributed by atoms with Crippen LogP contribution in [0.25, 0.3) is 16.6 Å². The first kappa shape index (κ1) is 21.5. The molecule has 0 bridgehead atoms. The molecule has 0 saturated heterocycles. The number of hydrogen-bond acceptors (Lipinski definition) is 5. The van der Waals surface area contributed by atoms with Crippen LogP contribution in [0.2, 0.25) is 0 Å². The molecule has 0 aliphatic carbocycles. The number of rotatable bonds is 7. The molecular formula is C23H17F2N3O3S. The Morgan fingerprint density at radius 2 is 1.88 bits per heavy atom. The first-order valence-corrected chi connectivity index (χ1v) is 10.5. The molecule has 0 unspecified atom stereocenters. The molecule has 1 amide bonds. The third-order valence-corrected chi connectivity index (χ3v) is 5.55. The maximum absolute atomic E-state index is 14.6. The Kier molecular flexibility index (Phi) is 6.18. The van der Waals surface area contributed by atoms with Gasteiger partial charge < -0.3 is 10.5 Å². The molecule has 32 heavy (non-hydrogen) atoms. The van der Waals surface area contributed by atoms with Crippen molar-refractivity contribution in [1.29, 1.82) is 0 Å². The fourth-order valence-corrected chi connectivity index (χ4v) is 4.06. The minimum Gasteiger partial charge on any atom is -0.484 e. The van der Waals surface area contributed by atoms with Crippen LogP contribution < -0.4 is 16.0 Å². The first-order chi connectivity index (χ1) is 15.4. The maximum Gasteiger partial charge on any atom is 0.266 e. The number of benzene rings is 3. The van der Waals surface area contributed by atoms with Gasteiger partial charge in [0.05, 0.1) is 16.6 Å². The van der Waals surface area contributed by atoms with E-state index >= 15 is 0 Å². The fraction of sp³-hybridized carbons (Fsp3) is 0.0870. The Morgan fingerprint density at radius 1 is 1.06 bits per heavy atom. The summed E-state index contributed by atoms with van der Waals surface area (Å²) in [6, 6.07) is 16.8. The molecule has 3 aromatic carbocycles. The van der Waals surface area contributed by atoms with Gasteiger partial charge in [-0.05, 0) is 42.0 Å². The highest BCUT2D eigenvalue weighted by Crippen LogP contribution is 2.27. The molecule has 1 heterocycles. The largest absolute Gasteiger partial charge is 0.484 e. The van der Waals surface area contributed by atoms with Gasteiger partial charge in [-0.2, -0.15) is 0 Å². The van der Waals surface area contributed by atoms with Crippen LogP contribution in [-0.4, -0.2) is 22.1 Å². The van der Waals surface area contributed by atoms with Crippen molar-refractivity contribution in [2.45, 2.75) is 10.9 Å². The summed E-state index contributed by atoms with van der Waals surface area (Å²) < 4.78 is 34.5. The number of nitrogens with two attached hydrogens (primary N) is 1. The Balaban J connectivity index is 1.73. The van der Waals surface area contributed by atoms with Crippen LogP contribution in [-0.2, 0) is 10.5 Å². The molecule has 6 nitrogen and oxygen atoms in total. The van der Waals surface area contributed by atoms with E-state index in [0.717, 1.165) is 22.3 Å². The van der Waals surface area contributed by atoms with Crippen molar-refractivity contribution in [2.24, 2.45) is 5.73 Å². The van der Waals surface area contributed by atoms with Crippen molar-refractivity contribution in [3.8, 4) is 11.4 Å². The van der Waals surface area contributed by atoms with Crippen molar-refractivity contribution in [3.63, 3.8) is 0 Å². The molecule has 1 aromatic heterocycles. The standard InChI is InChI=1S/C23H17F2N3O3S/c24-15-8-9-20(18(25)11-15)28-22(30)17-6-1-2-7-19(17)27-23(28)32-13-14-4-3-5-16(10-14)31-12-21(26)29/h1-11H,12-13H2,(H2,26,29). The van der Waals surface area contributed by atoms with E-state index < -0.39 is 23.1 Å². The van der Waals surface area contributed by atoms with Crippen molar-refractivity contribution < 1.29 is 18.3 Å². The molecule has 0 aliphatic rings. The first-order valence-electron chi connectivity index (χ1n) is 9.52. The Labute approximate surface area is 185 Å². The minimum atomic E-state index is -0.868. The highest BCUT2D eigenvalue weighted by atomic mass is 32.2. The highest BCUT2D eigenvalue weighted by molar-refractivity contribution is 7.98. The third-order valence-electron chi connectivity index (χ3n) is 4.54. The Hall–Kier alpha value is -3.72. The average Bonchev–Trinajstić information content (AvgIpc) is 2.77. The number of thioether (sulfide) groups is 1. The molecule has 0 spiro atoms. The predicted molar refractivity (Wildman–Crippen MR) is 118 cm³/mol. The zero-order valence-electron chi connectivity index (χ0n) is 16.6. The monoisotopic (exact) mass is 453 g/mol. The number of para-hydroxylation sites is 1. The van der Waals surface area contributed by atoms with Crippen molar-refractivity contribution >= 4 is 28.6 Å². The molecule has 9 heteroatoms. The lowest BCUT2D eigenvalue weighted by Gasteiger charge is -2.14. The van der Waals surface area contributed by atoms with Crippen molar-refractivity contribution in [3.05, 3.63) is 94.3 Å². The van der Waals surface area contributed by atoms with E-state index in [1.165, 1.54) is 17.8 Å². The number of fused-ring (bicyclic) bond motifs is 1. The van der Waals surface area contributed by atoms with Crippen LogP contribution in [0.5, 0.6) is 5.75 Å². The highest BCUT2D eigenvalue weighted by Gasteiger charge is 2.17. The number of carbonyl (C=O) groups is 1. The topological polar surface area (TPSA) is 87.2 Å². The van der Waals surface area contributed by atoms with Gasteiger partial charge in [-0.1, -0.05) is 36.0 Å². The van der Waals surface area contributed by atoms with Gasteiger partial charge in [0.15, 0.2) is 11.8 Å². The lowest BCUT2D eigenvalue weighted by atomic mass is 10.2. The number of primary amides is 1. The Morgan fingerprint density at radius 3 is 2.66 bits per heavy atom. The molecule has 0 radical (unpaired) electrons. The van der Waals surface area contributed by atoms with E-state index in [1.54, 1.807) is 42.5 Å². The lowest BCUT2D eigenvalue weighted by Crippen LogP contribution is -2.22. The van der Waals surface area contributed by atoms with Crippen LogP contribution in [0.15, 0.2) is 76.7 Å². The zero-order chi connectivity index (χ0) is 22.7. The fourth-order valence-electron chi connectivity index (χ4n) is 3.11. The van der Waals surface area contributed by atoms with Gasteiger partial charge in [-0.25, -0.2) is 13.8 Å². The average molecular weight is 453 g/mol. The van der Waals surface area contributed by atoms with E-state index in [-0.39, 0.29) is 17.5 Å². The molecule has 4 rings (SSSR count). The number of ether oxygens (including phenoxy) is 1. The smallest absolute Gasteiger partial charge is 0.266 e. The lowest BCUT2D eigenvalue weighted by molar-refractivity contribution is -0.119. The van der Waals surface area contributed by atoms with Crippen LogP contribution in [0.1, 0.15) is 5.56 Å². The van der Waals surface area contributed by atoms with Crippen molar-refractivity contribution in [1.82, 2.24) is 9.55 Å². The molecular weight excluding hydrogens is 436 g/mol. The SMILES string of the molecule is NC(=O)COc1cccc(CSc2nc3ccccc3c(=O)n2-c2ccc(F)cc2F)c1. The van der Waals surface area contributed by atoms with Crippen molar-refractivity contribution in [2.75, 3.05) is 6.61 Å². The van der Waals surface area contributed by atoms with E-state index in [1.807, 2.05) is 6.07 Å². The Bertz CT molecular complexity index is 1370. The van der Waals surface area contributed by atoms with Gasteiger partial charge >= 0.3 is 0 Å². The molecule has 0 aliphatic heterocycles. The molecule has 2 N–H and O–H groups in total. The number of nitrogens with zero attached hydrogens (tertiary/aromatic N) is 2. The van der Waals surface area contributed by atoms with Gasteiger partial charge in [0.2, 0.25) is 0 Å². The van der Waals surface area contributed by atoms with E-state index in [9.17, 15) is 18.4 Å². The molecule has 4 aromatic rings. The second kappa shape index (κ2) is 9.19. The second-order valence-electron chi connectivity index (χ2n) is 6.84. The summed E-state index contributed by atoms with van der Waals surface area (Å²) in [6.07, 6.45) is 0. The number of hydrogen-bond donors (Lipinski definition) is 1. The molecule has 0 atom stereocenters. The summed E-state index contributed by atoms with van der Waals surface area (Å²) in [5.41, 5.74) is 5.85. The third kappa shape index (κ3) is 4.62. The van der Waals surface area contributed by atoms with Crippen LogP contribution in [0.3, 0.4) is 0 Å². The van der Waals surface area contributed by atoms with Crippen LogP contribution in [0.4, 0.5) is 8.78 Å². The van der Waals surface area contributed by atoms with Gasteiger partial charge in [0.25, 0.3) is 11.5 Å². The number of halogens is 2. The number of amides is 1. The summed E-state index contributed by atoms with van der Waals surface area (Å²) in [4.78, 5) is 28.7. The summed E-state index contributed by atoms with van der Waals surface area (Å²) >= 11 is 1.21. The van der Waals surface area contributed by atoms with E-state index in [4.69, 9.17) is 10.5 Å². The quantitative estimate of drug-likeness (QED) is 0.340.